The first kappa shape index (κ1) is 11.0. The molecule has 1 aromatic heterocycles. The molecule has 0 bridgehead atoms. The molecule has 0 aliphatic carbocycles. The summed E-state index contributed by atoms with van der Waals surface area (Å²) in [5.41, 5.74) is 2.49. The first-order valence-electron chi connectivity index (χ1n) is 4.87. The summed E-state index contributed by atoms with van der Waals surface area (Å²) >= 11 is 5.58. The average molecular weight is 237 g/mol. The van der Waals surface area contributed by atoms with Gasteiger partial charge in [0.2, 0.25) is 0 Å². The lowest BCUT2D eigenvalue weighted by Gasteiger charge is -2.03. The highest BCUT2D eigenvalue weighted by atomic mass is 35.5. The molecule has 0 saturated heterocycles. The Morgan fingerprint density at radius 2 is 1.88 bits per heavy atom. The van der Waals surface area contributed by atoms with Crippen LogP contribution in [0.1, 0.15) is 16.8 Å². The van der Waals surface area contributed by atoms with Crippen LogP contribution in [0.4, 0.5) is 4.39 Å². The summed E-state index contributed by atoms with van der Waals surface area (Å²) in [6, 6.07) is 7.86. The number of benzene rings is 1. The summed E-state index contributed by atoms with van der Waals surface area (Å²) in [5, 5.41) is -0.128. The number of rotatable bonds is 2. The molecule has 4 heteroatoms. The standard InChI is InChI=1S/C12H10ClFN2/c1-8-2-4-9(5-3-8)6-10-11(14)12(13)16-7-15-10/h2-5,7H,6H2,1H3. The third-order valence-corrected chi connectivity index (χ3v) is 2.57. The number of aryl methyl sites for hydroxylation is 1. The molecule has 0 saturated carbocycles. The van der Waals surface area contributed by atoms with Crippen LogP contribution in [0.5, 0.6) is 0 Å². The van der Waals surface area contributed by atoms with Gasteiger partial charge in [0.05, 0.1) is 5.69 Å². The fraction of sp³-hybridized carbons (Fsp3) is 0.167. The predicted molar refractivity (Wildman–Crippen MR) is 61.0 cm³/mol. The Morgan fingerprint density at radius 1 is 1.19 bits per heavy atom. The summed E-state index contributed by atoms with van der Waals surface area (Å²) in [5.74, 6) is -0.537. The number of halogens is 2. The maximum absolute atomic E-state index is 13.5. The molecule has 16 heavy (non-hydrogen) atoms. The van der Waals surface area contributed by atoms with Crippen LogP contribution in [0.15, 0.2) is 30.6 Å². The zero-order chi connectivity index (χ0) is 11.5. The van der Waals surface area contributed by atoms with E-state index in [0.717, 1.165) is 5.56 Å². The van der Waals surface area contributed by atoms with E-state index in [1.165, 1.54) is 11.9 Å². The van der Waals surface area contributed by atoms with Crippen LogP contribution in [-0.2, 0) is 6.42 Å². The Hall–Kier alpha value is -1.48. The van der Waals surface area contributed by atoms with Crippen LogP contribution in [-0.4, -0.2) is 9.97 Å². The van der Waals surface area contributed by atoms with Crippen LogP contribution >= 0.6 is 11.6 Å². The van der Waals surface area contributed by atoms with Gasteiger partial charge in [-0.2, -0.15) is 0 Å². The second kappa shape index (κ2) is 4.58. The second-order valence-corrected chi connectivity index (χ2v) is 3.95. The van der Waals surface area contributed by atoms with E-state index in [2.05, 4.69) is 9.97 Å². The van der Waals surface area contributed by atoms with Crippen molar-refractivity contribution in [2.24, 2.45) is 0 Å². The molecule has 0 unspecified atom stereocenters. The average Bonchev–Trinajstić information content (AvgIpc) is 2.28. The summed E-state index contributed by atoms with van der Waals surface area (Å²) in [6.45, 7) is 2.01. The largest absolute Gasteiger partial charge is 0.238 e. The number of hydrogen-bond donors (Lipinski definition) is 0. The van der Waals surface area contributed by atoms with Crippen molar-refractivity contribution in [2.45, 2.75) is 13.3 Å². The van der Waals surface area contributed by atoms with Crippen molar-refractivity contribution in [2.75, 3.05) is 0 Å². The molecule has 2 nitrogen and oxygen atoms in total. The Bertz CT molecular complexity index is 497. The molecule has 0 atom stereocenters. The molecule has 0 spiro atoms. The lowest BCUT2D eigenvalue weighted by atomic mass is 10.1. The van der Waals surface area contributed by atoms with Crippen LogP contribution in [0, 0.1) is 12.7 Å². The fourth-order valence-corrected chi connectivity index (χ4v) is 1.56. The third kappa shape index (κ3) is 2.36. The van der Waals surface area contributed by atoms with E-state index in [-0.39, 0.29) is 5.15 Å². The maximum Gasteiger partial charge on any atom is 0.182 e. The zero-order valence-electron chi connectivity index (χ0n) is 8.74. The number of aromatic nitrogens is 2. The quantitative estimate of drug-likeness (QED) is 0.749. The van der Waals surface area contributed by atoms with Gasteiger partial charge >= 0.3 is 0 Å². The van der Waals surface area contributed by atoms with E-state index in [0.29, 0.717) is 12.1 Å². The van der Waals surface area contributed by atoms with Gasteiger partial charge in [-0.15, -0.1) is 0 Å². The second-order valence-electron chi connectivity index (χ2n) is 3.59. The van der Waals surface area contributed by atoms with Crippen LogP contribution in [0.25, 0.3) is 0 Å². The fourth-order valence-electron chi connectivity index (χ4n) is 1.40. The van der Waals surface area contributed by atoms with Gasteiger partial charge in [0.15, 0.2) is 11.0 Å². The van der Waals surface area contributed by atoms with Crippen molar-refractivity contribution >= 4 is 11.6 Å². The summed E-state index contributed by atoms with van der Waals surface area (Å²) < 4.78 is 13.5. The summed E-state index contributed by atoms with van der Waals surface area (Å²) in [7, 11) is 0. The molecule has 0 N–H and O–H groups in total. The minimum Gasteiger partial charge on any atom is -0.238 e. The van der Waals surface area contributed by atoms with Crippen LogP contribution in [0.3, 0.4) is 0 Å². The van der Waals surface area contributed by atoms with Gasteiger partial charge in [-0.3, -0.25) is 0 Å². The maximum atomic E-state index is 13.5. The van der Waals surface area contributed by atoms with Crippen molar-refractivity contribution in [3.63, 3.8) is 0 Å². The Labute approximate surface area is 98.1 Å². The van der Waals surface area contributed by atoms with Crippen molar-refractivity contribution in [1.82, 2.24) is 9.97 Å². The number of nitrogens with zero attached hydrogens (tertiary/aromatic N) is 2. The monoisotopic (exact) mass is 236 g/mol. The van der Waals surface area contributed by atoms with Gasteiger partial charge in [0, 0.05) is 6.42 Å². The first-order chi connectivity index (χ1) is 7.66. The highest BCUT2D eigenvalue weighted by molar-refractivity contribution is 6.29. The highest BCUT2D eigenvalue weighted by Crippen LogP contribution is 2.16. The van der Waals surface area contributed by atoms with E-state index in [9.17, 15) is 4.39 Å². The summed E-state index contributed by atoms with van der Waals surface area (Å²) in [6.07, 6.45) is 1.70. The Kier molecular flexibility index (Phi) is 3.15. The van der Waals surface area contributed by atoms with Crippen molar-refractivity contribution in [1.29, 1.82) is 0 Å². The molecule has 0 aliphatic rings. The zero-order valence-corrected chi connectivity index (χ0v) is 9.50. The lowest BCUT2D eigenvalue weighted by Crippen LogP contribution is -1.99. The minimum atomic E-state index is -0.537. The molecular formula is C12H10ClFN2. The lowest BCUT2D eigenvalue weighted by molar-refractivity contribution is 0.596. The van der Waals surface area contributed by atoms with Gasteiger partial charge in [-0.25, -0.2) is 14.4 Å². The third-order valence-electron chi connectivity index (χ3n) is 2.31. The van der Waals surface area contributed by atoms with Gasteiger partial charge in [-0.1, -0.05) is 41.4 Å². The minimum absolute atomic E-state index is 0.128. The van der Waals surface area contributed by atoms with Crippen molar-refractivity contribution < 1.29 is 4.39 Å². The number of hydrogen-bond acceptors (Lipinski definition) is 2. The molecule has 0 aliphatic heterocycles. The Balaban J connectivity index is 2.27. The normalized spacial score (nSPS) is 10.4. The van der Waals surface area contributed by atoms with E-state index < -0.39 is 5.82 Å². The van der Waals surface area contributed by atoms with Gasteiger partial charge in [-0.05, 0) is 12.5 Å². The van der Waals surface area contributed by atoms with Gasteiger partial charge < -0.3 is 0 Å². The topological polar surface area (TPSA) is 25.8 Å². The Morgan fingerprint density at radius 3 is 2.56 bits per heavy atom. The molecule has 1 aromatic carbocycles. The van der Waals surface area contributed by atoms with Crippen LogP contribution in [0.2, 0.25) is 5.15 Å². The predicted octanol–water partition coefficient (Wildman–Crippen LogP) is 3.17. The molecule has 2 aromatic rings. The summed E-state index contributed by atoms with van der Waals surface area (Å²) in [4.78, 5) is 7.46. The van der Waals surface area contributed by atoms with Crippen molar-refractivity contribution in [3.05, 3.63) is 58.4 Å². The van der Waals surface area contributed by atoms with E-state index in [1.807, 2.05) is 31.2 Å². The molecule has 2 rings (SSSR count). The molecule has 1 heterocycles. The van der Waals surface area contributed by atoms with Crippen LogP contribution < -0.4 is 0 Å². The molecule has 0 radical (unpaired) electrons. The highest BCUT2D eigenvalue weighted by Gasteiger charge is 2.09. The van der Waals surface area contributed by atoms with Gasteiger partial charge in [0.25, 0.3) is 0 Å². The van der Waals surface area contributed by atoms with Crippen molar-refractivity contribution in [3.8, 4) is 0 Å². The first-order valence-corrected chi connectivity index (χ1v) is 5.25. The molecule has 0 amide bonds. The van der Waals surface area contributed by atoms with E-state index >= 15 is 0 Å². The SMILES string of the molecule is Cc1ccc(Cc2ncnc(Cl)c2F)cc1. The molecule has 82 valence electrons. The van der Waals surface area contributed by atoms with Gasteiger partial charge in [0.1, 0.15) is 6.33 Å². The molecule has 0 fully saturated rings. The van der Waals surface area contributed by atoms with E-state index in [1.54, 1.807) is 0 Å². The molecular weight excluding hydrogens is 227 g/mol. The van der Waals surface area contributed by atoms with E-state index in [4.69, 9.17) is 11.6 Å². The smallest absolute Gasteiger partial charge is 0.182 e.